The molecule has 0 atom stereocenters. The lowest BCUT2D eigenvalue weighted by Crippen LogP contribution is -2.61. The Kier molecular flexibility index (Phi) is 20.2. The topological polar surface area (TPSA) is 21.3 Å². The third-order valence-electron chi connectivity index (χ3n) is 29.0. The molecule has 18 aromatic rings. The van der Waals surface area contributed by atoms with E-state index >= 15 is 0 Å². The molecule has 2 aliphatic heterocycles. The number of para-hydroxylation sites is 3. The smallest absolute Gasteiger partial charge is 0.252 e. The van der Waals surface area contributed by atoms with Crippen LogP contribution in [0, 0.1) is 0 Å². The second kappa shape index (κ2) is 30.5. The van der Waals surface area contributed by atoms with Gasteiger partial charge in [-0.2, -0.15) is 0 Å². The summed E-state index contributed by atoms with van der Waals surface area (Å²) in [6.45, 7) is 63.6. The minimum absolute atomic E-state index is 0.0869. The van der Waals surface area contributed by atoms with Gasteiger partial charge in [0.2, 0.25) is 0 Å². The molecule has 0 bridgehead atoms. The van der Waals surface area contributed by atoms with Crippen LogP contribution >= 0.6 is 0 Å². The highest BCUT2D eigenvalue weighted by Gasteiger charge is 2.47. The van der Waals surface area contributed by atoms with E-state index in [2.05, 4.69) is 508 Å². The molecule has 3 aromatic heterocycles. The lowest BCUT2D eigenvalue weighted by molar-refractivity contribution is 0.589. The molecule has 0 fully saturated rings. The molecule has 0 unspecified atom stereocenters. The van der Waals surface area contributed by atoms with Crippen molar-refractivity contribution in [2.45, 2.75) is 236 Å². The van der Waals surface area contributed by atoms with Crippen LogP contribution in [-0.4, -0.2) is 20.4 Å². The molecular weight excluding hydrogens is 1590 g/mol. The van der Waals surface area contributed by atoms with Crippen molar-refractivity contribution < 1.29 is 0 Å². The van der Waals surface area contributed by atoms with Crippen LogP contribution in [-0.2, 0) is 48.7 Å². The molecule has 5 nitrogen and oxygen atoms in total. The van der Waals surface area contributed by atoms with E-state index in [1.54, 1.807) is 0 Å². The second-order valence-corrected chi connectivity index (χ2v) is 47.6. The van der Waals surface area contributed by atoms with Crippen LogP contribution in [0.5, 0.6) is 0 Å². The Morgan fingerprint density at radius 3 is 0.780 bits per heavy atom. The third kappa shape index (κ3) is 14.8. The number of aromatic nitrogens is 3. The fraction of sp³-hybridized carbons (Fsp3) is 0.286. The van der Waals surface area contributed by atoms with Crippen LogP contribution in [0.2, 0.25) is 0 Å². The molecule has 662 valence electrons. The van der Waals surface area contributed by atoms with Crippen molar-refractivity contribution in [3.8, 4) is 61.6 Å². The Labute approximate surface area is 785 Å². The van der Waals surface area contributed by atoms with Crippen molar-refractivity contribution in [2.24, 2.45) is 0 Å². The highest BCUT2D eigenvalue weighted by atomic mass is 15.2. The molecule has 0 radical (unpaired) electrons. The third-order valence-corrected chi connectivity index (χ3v) is 29.0. The zero-order valence-electron chi connectivity index (χ0n) is 83.1. The zero-order valence-corrected chi connectivity index (χ0v) is 83.1. The van der Waals surface area contributed by atoms with Crippen LogP contribution in [0.25, 0.3) is 127 Å². The molecule has 15 aromatic carbocycles. The fourth-order valence-corrected chi connectivity index (χ4v) is 21.1. The minimum Gasteiger partial charge on any atom is -0.310 e. The molecule has 0 spiro atoms. The number of anilines is 6. The molecule has 0 amide bonds. The Balaban J connectivity index is 0.984. The van der Waals surface area contributed by atoms with Crippen molar-refractivity contribution in [3.05, 3.63) is 347 Å². The molecule has 0 N–H and O–H groups in total. The van der Waals surface area contributed by atoms with E-state index in [0.717, 1.165) is 78.9 Å². The van der Waals surface area contributed by atoms with E-state index in [1.807, 2.05) is 0 Å². The van der Waals surface area contributed by atoms with E-state index in [0.29, 0.717) is 0 Å². The predicted octanol–water partition coefficient (Wildman–Crippen LogP) is 33.4. The molecule has 0 saturated heterocycles. The van der Waals surface area contributed by atoms with E-state index < -0.39 is 5.41 Å². The van der Waals surface area contributed by atoms with Crippen LogP contribution < -0.4 is 26.2 Å². The number of hydrogen-bond donors (Lipinski definition) is 0. The highest BCUT2D eigenvalue weighted by molar-refractivity contribution is 7.00. The van der Waals surface area contributed by atoms with Crippen molar-refractivity contribution in [1.29, 1.82) is 0 Å². The number of nitrogens with zero attached hydrogens (tertiary/aromatic N) is 5. The lowest BCUT2D eigenvalue weighted by Gasteiger charge is -2.47. The summed E-state index contributed by atoms with van der Waals surface area (Å²) >= 11 is 0. The molecule has 0 aliphatic carbocycles. The first-order valence-electron chi connectivity index (χ1n) is 48.1. The summed E-state index contributed by atoms with van der Waals surface area (Å²) in [4.78, 5) is 5.62. The molecule has 0 saturated carbocycles. The van der Waals surface area contributed by atoms with Gasteiger partial charge < -0.3 is 23.5 Å². The largest absolute Gasteiger partial charge is 0.310 e. The van der Waals surface area contributed by atoms with Crippen LogP contribution in [0.4, 0.5) is 34.1 Å². The maximum Gasteiger partial charge on any atom is 0.252 e. The standard InChI is InChI=1S/C126H130BN5/c1-118(2,3)81-49-41-77(42-50-81)95-67-87(124(19,20)21)68-96(78-43-51-82(52-44-78)119(4,5)6)116(95)131-111-73-91(129-107-63-57-85(122(13,14)15)65-99(107)100-66-86(123(16,17)18)58-64-108(100)129)59-61-103(111)127-104-62-60-92(130-106-40-34-32-38-94(106)102-75-101-93-37-31-33-39-105(93)128(109(101)76-110(102)130)90-35-29-28-30-36-90)74-112(104)132(114-72-89(126(25,26)27)71-113(131)115(114)127)117-97(79-45-53-83(54-46-79)120(7,8)9)69-88(125(22,23)24)70-98(117)80-47-55-84(56-48-80)121(10,11)12/h28-76H,1-27H3. The molecule has 2 aliphatic rings. The highest BCUT2D eigenvalue weighted by Crippen LogP contribution is 2.57. The average Bonchev–Trinajstić information content (AvgIpc) is 0.859. The minimum atomic E-state index is -0.402. The first-order valence-corrected chi connectivity index (χ1v) is 48.1. The SMILES string of the molecule is CC(C)(C)c1ccc(-c2cc(C(C)(C)C)cc(-c3ccc(C(C)(C)C)cc3)c2N2c3cc(-n4c5ccc(C(C)(C)C)cc5c5cc(C(C)(C)C)ccc54)ccc3B3c4ccc(-n5c6ccccc6c6cc7c8ccccc8n(-c8ccccc8)c7cc65)cc4N(c4c(-c5ccc(C(C)(C)C)cc5)cc(C(C)(C)C)cc4-c4ccc(C(C)(C)C)cc4)c4cc(C(C)(C)C)cc2c43)cc1. The van der Waals surface area contributed by atoms with Crippen molar-refractivity contribution >= 4 is 123 Å². The van der Waals surface area contributed by atoms with Gasteiger partial charge in [0.05, 0.1) is 44.5 Å². The van der Waals surface area contributed by atoms with Crippen molar-refractivity contribution in [3.63, 3.8) is 0 Å². The summed E-state index contributed by atoms with van der Waals surface area (Å²) < 4.78 is 7.68. The van der Waals surface area contributed by atoms with Gasteiger partial charge in [-0.15, -0.1) is 0 Å². The van der Waals surface area contributed by atoms with Crippen LogP contribution in [0.15, 0.2) is 297 Å². The summed E-state index contributed by atoms with van der Waals surface area (Å²) in [5.74, 6) is 0. The maximum absolute atomic E-state index is 2.81. The average molecular weight is 1730 g/mol. The normalized spacial score (nSPS) is 13.7. The monoisotopic (exact) mass is 1720 g/mol. The number of rotatable bonds is 9. The maximum atomic E-state index is 2.81. The van der Waals surface area contributed by atoms with E-state index in [1.165, 1.54) is 149 Å². The summed E-state index contributed by atoms with van der Waals surface area (Å²) in [5.41, 5.74) is 40.3. The zero-order chi connectivity index (χ0) is 93.3. The molecule has 132 heavy (non-hydrogen) atoms. The summed E-state index contributed by atoms with van der Waals surface area (Å²) in [5, 5.41) is 7.40. The first kappa shape index (κ1) is 87.4. The van der Waals surface area contributed by atoms with Crippen LogP contribution in [0.1, 0.15) is 237 Å². The Hall–Kier alpha value is -12.6. The van der Waals surface area contributed by atoms with Crippen LogP contribution in [0.3, 0.4) is 0 Å². The van der Waals surface area contributed by atoms with Gasteiger partial charge in [0.15, 0.2) is 0 Å². The van der Waals surface area contributed by atoms with Crippen molar-refractivity contribution in [2.75, 3.05) is 9.80 Å². The Morgan fingerprint density at radius 2 is 0.455 bits per heavy atom. The molecule has 5 heterocycles. The quantitative estimate of drug-likeness (QED) is 0.134. The Bertz CT molecular complexity index is 7450. The van der Waals surface area contributed by atoms with Gasteiger partial charge in [-0.1, -0.05) is 363 Å². The molecule has 6 heteroatoms. The molecule has 20 rings (SSSR count). The summed E-state index contributed by atoms with van der Waals surface area (Å²) in [6.07, 6.45) is 0. The van der Waals surface area contributed by atoms with Gasteiger partial charge in [-0.3, -0.25) is 0 Å². The van der Waals surface area contributed by atoms with Gasteiger partial charge >= 0.3 is 0 Å². The number of fused-ring (bicyclic) bond motifs is 13. The van der Waals surface area contributed by atoms with Crippen molar-refractivity contribution in [1.82, 2.24) is 13.7 Å². The summed E-state index contributed by atoms with van der Waals surface area (Å²) in [6, 6.07) is 118. The Morgan fingerprint density at radius 1 is 0.182 bits per heavy atom. The molecular formula is C126H130BN5. The second-order valence-electron chi connectivity index (χ2n) is 47.6. The van der Waals surface area contributed by atoms with E-state index in [-0.39, 0.29) is 50.0 Å². The first-order chi connectivity index (χ1) is 62.1. The van der Waals surface area contributed by atoms with E-state index in [9.17, 15) is 0 Å². The van der Waals surface area contributed by atoms with Gasteiger partial charge in [0.25, 0.3) is 6.71 Å². The van der Waals surface area contributed by atoms with Gasteiger partial charge in [0.1, 0.15) is 0 Å². The van der Waals surface area contributed by atoms with Gasteiger partial charge in [-0.25, -0.2) is 0 Å². The fourth-order valence-electron chi connectivity index (χ4n) is 21.1. The number of benzene rings is 15. The van der Waals surface area contributed by atoms with Gasteiger partial charge in [0, 0.05) is 94.4 Å². The van der Waals surface area contributed by atoms with Gasteiger partial charge in [-0.05, 0) is 259 Å². The summed E-state index contributed by atoms with van der Waals surface area (Å²) in [7, 11) is 0. The predicted molar refractivity (Wildman–Crippen MR) is 574 cm³/mol. The number of hydrogen-bond acceptors (Lipinski definition) is 2. The lowest BCUT2D eigenvalue weighted by atomic mass is 9.33. The van der Waals surface area contributed by atoms with E-state index in [4.69, 9.17) is 0 Å².